The van der Waals surface area contributed by atoms with Crippen LogP contribution < -0.4 is 5.32 Å². The maximum atomic E-state index is 12.6. The molecule has 27 heavy (non-hydrogen) atoms. The van der Waals surface area contributed by atoms with Gasteiger partial charge in [-0.2, -0.15) is 0 Å². The van der Waals surface area contributed by atoms with Gasteiger partial charge in [0.15, 0.2) is 5.78 Å². The first-order chi connectivity index (χ1) is 12.9. The van der Waals surface area contributed by atoms with Crippen molar-refractivity contribution in [1.29, 1.82) is 0 Å². The minimum absolute atomic E-state index is 0.0441. The average Bonchev–Trinajstić information content (AvgIpc) is 2.64. The number of alkyl carbamates (subject to hydrolysis) is 1. The van der Waals surface area contributed by atoms with Crippen molar-refractivity contribution in [3.63, 3.8) is 0 Å². The minimum Gasteiger partial charge on any atom is -0.446 e. The Labute approximate surface area is 163 Å². The molecule has 2 saturated carbocycles. The van der Waals surface area contributed by atoms with E-state index in [4.69, 9.17) is 4.74 Å². The van der Waals surface area contributed by atoms with Crippen molar-refractivity contribution in [3.05, 3.63) is 35.9 Å². The monoisotopic (exact) mass is 371 g/mol. The van der Waals surface area contributed by atoms with Gasteiger partial charge in [-0.15, -0.1) is 0 Å². The molecule has 0 bridgehead atoms. The number of ketones is 1. The molecule has 2 fully saturated rings. The summed E-state index contributed by atoms with van der Waals surface area (Å²) in [4.78, 5) is 24.9. The number of nitrogens with one attached hydrogen (secondary N) is 1. The van der Waals surface area contributed by atoms with Crippen molar-refractivity contribution in [2.75, 3.05) is 0 Å². The molecule has 1 aromatic rings. The summed E-state index contributed by atoms with van der Waals surface area (Å²) in [6.07, 6.45) is 4.78. The second kappa shape index (κ2) is 8.90. The van der Waals surface area contributed by atoms with Crippen LogP contribution in [0.5, 0.6) is 0 Å². The third-order valence-electron chi connectivity index (χ3n) is 6.43. The molecular weight excluding hydrogens is 338 g/mol. The lowest BCUT2D eigenvalue weighted by Gasteiger charge is -2.37. The molecule has 0 spiro atoms. The van der Waals surface area contributed by atoms with Crippen LogP contribution >= 0.6 is 0 Å². The van der Waals surface area contributed by atoms with E-state index in [2.05, 4.69) is 38.2 Å². The number of carbonyl (C=O) groups is 2. The van der Waals surface area contributed by atoms with Crippen LogP contribution in [0.3, 0.4) is 0 Å². The van der Waals surface area contributed by atoms with E-state index in [1.54, 1.807) is 0 Å². The zero-order chi connectivity index (χ0) is 19.4. The molecule has 2 aliphatic rings. The molecule has 0 saturated heterocycles. The van der Waals surface area contributed by atoms with Crippen molar-refractivity contribution >= 4 is 11.9 Å². The van der Waals surface area contributed by atoms with E-state index in [0.717, 1.165) is 19.3 Å². The highest BCUT2D eigenvalue weighted by Gasteiger charge is 2.35. The summed E-state index contributed by atoms with van der Waals surface area (Å²) in [7, 11) is 0. The molecular formula is C23H33NO3. The van der Waals surface area contributed by atoms with Crippen LogP contribution in [0.2, 0.25) is 0 Å². The van der Waals surface area contributed by atoms with Crippen LogP contribution in [0.25, 0.3) is 0 Å². The number of Topliss-reactive ketones (excluding diaryl/α,β-unsaturated/α-hetero) is 1. The summed E-state index contributed by atoms with van der Waals surface area (Å²) in [6.45, 7) is 6.62. The van der Waals surface area contributed by atoms with Crippen molar-refractivity contribution < 1.29 is 14.3 Å². The van der Waals surface area contributed by atoms with Gasteiger partial charge in [0.25, 0.3) is 0 Å². The Balaban J connectivity index is 1.59. The first-order valence-corrected chi connectivity index (χ1v) is 10.5. The van der Waals surface area contributed by atoms with E-state index < -0.39 is 12.1 Å². The Hall–Kier alpha value is -1.84. The van der Waals surface area contributed by atoms with Crippen LogP contribution in [-0.2, 0) is 9.53 Å². The molecule has 5 atom stereocenters. The second-order valence-corrected chi connectivity index (χ2v) is 8.82. The molecule has 0 radical (unpaired) electrons. The maximum Gasteiger partial charge on any atom is 0.408 e. The highest BCUT2D eigenvalue weighted by molar-refractivity contribution is 5.88. The standard InChI is InChI=1S/C23H33NO3/c1-15(2)19-11-9-16(3)13-22(19)27-23(26)24-20-14-18(10-12-21(20)25)17-7-5-4-6-8-17/h4-8,15-16,18-20,22H,9-14H2,1-3H3,(H,24,26)/t16-,18+,19-,20-,22+/m0/s1. The van der Waals surface area contributed by atoms with Crippen molar-refractivity contribution in [3.8, 4) is 0 Å². The zero-order valence-corrected chi connectivity index (χ0v) is 16.8. The van der Waals surface area contributed by atoms with Gasteiger partial charge in [0.05, 0.1) is 6.04 Å². The molecule has 1 aromatic carbocycles. The number of ether oxygens (including phenoxy) is 1. The molecule has 0 unspecified atom stereocenters. The fourth-order valence-electron chi connectivity index (χ4n) is 4.76. The zero-order valence-electron chi connectivity index (χ0n) is 16.8. The molecule has 148 valence electrons. The van der Waals surface area contributed by atoms with Crippen LogP contribution in [0.15, 0.2) is 30.3 Å². The number of benzene rings is 1. The van der Waals surface area contributed by atoms with Crippen molar-refractivity contribution in [2.24, 2.45) is 17.8 Å². The number of hydrogen-bond acceptors (Lipinski definition) is 3. The van der Waals surface area contributed by atoms with Crippen LogP contribution in [-0.4, -0.2) is 24.0 Å². The Morgan fingerprint density at radius 1 is 1.11 bits per heavy atom. The van der Waals surface area contributed by atoms with Crippen molar-refractivity contribution in [1.82, 2.24) is 5.32 Å². The fourth-order valence-corrected chi connectivity index (χ4v) is 4.76. The molecule has 2 aliphatic carbocycles. The highest BCUT2D eigenvalue weighted by atomic mass is 16.6. The summed E-state index contributed by atoms with van der Waals surface area (Å²) in [5, 5.41) is 2.88. The third-order valence-corrected chi connectivity index (χ3v) is 6.43. The minimum atomic E-state index is -0.435. The molecule has 0 aromatic heterocycles. The van der Waals surface area contributed by atoms with Crippen LogP contribution in [0.4, 0.5) is 4.79 Å². The van der Waals surface area contributed by atoms with E-state index in [1.807, 2.05) is 18.2 Å². The SMILES string of the molecule is CC(C)[C@@H]1CC[C@H](C)C[C@H]1OC(=O)N[C@H]1C[C@H](c2ccccc2)CCC1=O. The lowest BCUT2D eigenvalue weighted by molar-refractivity contribution is -0.122. The van der Waals surface area contributed by atoms with Gasteiger partial charge in [0.1, 0.15) is 6.10 Å². The number of hydrogen-bond donors (Lipinski definition) is 1. The second-order valence-electron chi connectivity index (χ2n) is 8.82. The van der Waals surface area contributed by atoms with Gasteiger partial charge < -0.3 is 10.1 Å². The van der Waals surface area contributed by atoms with Gasteiger partial charge in [-0.05, 0) is 54.9 Å². The normalized spacial score (nSPS) is 31.6. The summed E-state index contributed by atoms with van der Waals surface area (Å²) >= 11 is 0. The molecule has 1 amide bonds. The third kappa shape index (κ3) is 5.12. The number of rotatable bonds is 4. The average molecular weight is 372 g/mol. The largest absolute Gasteiger partial charge is 0.446 e. The van der Waals surface area contributed by atoms with E-state index in [1.165, 1.54) is 12.0 Å². The number of amides is 1. The van der Waals surface area contributed by atoms with Gasteiger partial charge in [0, 0.05) is 6.42 Å². The van der Waals surface area contributed by atoms with Gasteiger partial charge in [0.2, 0.25) is 0 Å². The van der Waals surface area contributed by atoms with Crippen LogP contribution in [0.1, 0.15) is 70.8 Å². The summed E-state index contributed by atoms with van der Waals surface area (Å²) in [6, 6.07) is 9.83. The molecule has 0 aliphatic heterocycles. The lowest BCUT2D eigenvalue weighted by Crippen LogP contribution is -2.46. The predicted molar refractivity (Wildman–Crippen MR) is 107 cm³/mol. The topological polar surface area (TPSA) is 55.4 Å². The van der Waals surface area contributed by atoms with E-state index in [-0.39, 0.29) is 11.9 Å². The highest BCUT2D eigenvalue weighted by Crippen LogP contribution is 2.36. The molecule has 4 heteroatoms. The molecule has 3 rings (SSSR count). The summed E-state index contributed by atoms with van der Waals surface area (Å²) in [5.74, 6) is 1.92. The first kappa shape index (κ1) is 19.9. The molecule has 4 nitrogen and oxygen atoms in total. The Morgan fingerprint density at radius 3 is 2.56 bits per heavy atom. The number of carbonyl (C=O) groups excluding carboxylic acids is 2. The van der Waals surface area contributed by atoms with Gasteiger partial charge >= 0.3 is 6.09 Å². The molecule has 0 heterocycles. The fraction of sp³-hybridized carbons (Fsp3) is 0.652. The Kier molecular flexibility index (Phi) is 6.56. The lowest BCUT2D eigenvalue weighted by atomic mass is 9.75. The first-order valence-electron chi connectivity index (χ1n) is 10.5. The Bertz CT molecular complexity index is 642. The van der Waals surface area contributed by atoms with Crippen LogP contribution in [0, 0.1) is 17.8 Å². The van der Waals surface area contributed by atoms with E-state index in [9.17, 15) is 9.59 Å². The quantitative estimate of drug-likeness (QED) is 0.803. The van der Waals surface area contributed by atoms with Crippen molar-refractivity contribution in [2.45, 2.75) is 77.4 Å². The van der Waals surface area contributed by atoms with Gasteiger partial charge in [-0.1, -0.05) is 57.5 Å². The molecule has 1 N–H and O–H groups in total. The predicted octanol–water partition coefficient (Wildman–Crippen LogP) is 5.08. The van der Waals surface area contributed by atoms with Gasteiger partial charge in [-0.25, -0.2) is 4.79 Å². The van der Waals surface area contributed by atoms with Gasteiger partial charge in [-0.3, -0.25) is 4.79 Å². The Morgan fingerprint density at radius 2 is 1.85 bits per heavy atom. The maximum absolute atomic E-state index is 12.6. The van der Waals surface area contributed by atoms with E-state index in [0.29, 0.717) is 36.5 Å². The van der Waals surface area contributed by atoms with E-state index >= 15 is 0 Å². The summed E-state index contributed by atoms with van der Waals surface area (Å²) < 4.78 is 5.83. The smallest absolute Gasteiger partial charge is 0.408 e. The summed E-state index contributed by atoms with van der Waals surface area (Å²) in [5.41, 5.74) is 1.24.